The number of aromatic nitrogens is 1. The number of carbonyl (C=O) groups excluding carboxylic acids is 1. The molecule has 0 unspecified atom stereocenters. The van der Waals surface area contributed by atoms with Gasteiger partial charge in [-0.15, -0.1) is 0 Å². The molecule has 0 fully saturated rings. The highest BCUT2D eigenvalue weighted by atomic mass is 16.5. The zero-order chi connectivity index (χ0) is 20.5. The number of rotatable bonds is 8. The molecule has 0 aliphatic heterocycles. The van der Waals surface area contributed by atoms with Gasteiger partial charge in [-0.3, -0.25) is 9.78 Å². The van der Waals surface area contributed by atoms with Crippen molar-refractivity contribution in [2.75, 3.05) is 13.7 Å². The number of aryl methyl sites for hydroxylation is 1. The minimum absolute atomic E-state index is 0.0339. The third kappa shape index (κ3) is 6.04. The number of nitrogens with zero attached hydrogens (tertiary/aromatic N) is 2. The van der Waals surface area contributed by atoms with Crippen LogP contribution < -0.4 is 4.74 Å². The van der Waals surface area contributed by atoms with Gasteiger partial charge in [-0.05, 0) is 48.7 Å². The lowest BCUT2D eigenvalue weighted by atomic mass is 10.1. The standard InChI is InChI=1S/C25H26N2O2/c1-20-10-12-24(29-2)23(17-20)11-13-25(28)27(19-22-9-6-15-26-18-22)16-14-21-7-4-3-5-8-21/h3-13,15,17-18H,14,16,19H2,1-2H3/b13-11+. The molecule has 3 aromatic rings. The van der Waals surface area contributed by atoms with Crippen LogP contribution in [0.4, 0.5) is 0 Å². The summed E-state index contributed by atoms with van der Waals surface area (Å²) in [6.45, 7) is 3.18. The lowest BCUT2D eigenvalue weighted by Gasteiger charge is -2.21. The maximum atomic E-state index is 13.0. The number of hydrogen-bond donors (Lipinski definition) is 0. The van der Waals surface area contributed by atoms with Crippen LogP contribution >= 0.6 is 0 Å². The number of amides is 1. The van der Waals surface area contributed by atoms with Gasteiger partial charge in [-0.2, -0.15) is 0 Å². The molecule has 0 aliphatic rings. The van der Waals surface area contributed by atoms with Gasteiger partial charge in [0, 0.05) is 37.1 Å². The Morgan fingerprint density at radius 3 is 2.59 bits per heavy atom. The third-order valence-corrected chi connectivity index (χ3v) is 4.71. The molecule has 29 heavy (non-hydrogen) atoms. The Hall–Kier alpha value is -3.40. The molecule has 1 amide bonds. The second kappa shape index (κ2) is 10.2. The molecule has 0 radical (unpaired) electrons. The van der Waals surface area contributed by atoms with Crippen molar-refractivity contribution in [3.63, 3.8) is 0 Å². The monoisotopic (exact) mass is 386 g/mol. The van der Waals surface area contributed by atoms with E-state index in [2.05, 4.69) is 17.1 Å². The largest absolute Gasteiger partial charge is 0.496 e. The summed E-state index contributed by atoms with van der Waals surface area (Å²) in [5.74, 6) is 0.719. The lowest BCUT2D eigenvalue weighted by Crippen LogP contribution is -2.31. The van der Waals surface area contributed by atoms with Crippen LogP contribution in [0.1, 0.15) is 22.3 Å². The van der Waals surface area contributed by atoms with Crippen molar-refractivity contribution in [3.05, 3.63) is 101 Å². The molecule has 0 N–H and O–H groups in total. The minimum atomic E-state index is -0.0339. The highest BCUT2D eigenvalue weighted by Gasteiger charge is 2.12. The van der Waals surface area contributed by atoms with E-state index in [0.717, 1.165) is 28.9 Å². The maximum Gasteiger partial charge on any atom is 0.246 e. The van der Waals surface area contributed by atoms with E-state index >= 15 is 0 Å². The topological polar surface area (TPSA) is 42.4 Å². The first-order chi connectivity index (χ1) is 14.2. The third-order valence-electron chi connectivity index (χ3n) is 4.71. The van der Waals surface area contributed by atoms with Gasteiger partial charge in [0.05, 0.1) is 7.11 Å². The van der Waals surface area contributed by atoms with Crippen LogP contribution in [0.15, 0.2) is 79.1 Å². The Morgan fingerprint density at radius 2 is 1.86 bits per heavy atom. The van der Waals surface area contributed by atoms with Crippen LogP contribution in [0.25, 0.3) is 6.08 Å². The summed E-state index contributed by atoms with van der Waals surface area (Å²) in [6.07, 6.45) is 7.79. The van der Waals surface area contributed by atoms with Crippen LogP contribution in [0.3, 0.4) is 0 Å². The van der Waals surface area contributed by atoms with E-state index in [0.29, 0.717) is 13.1 Å². The number of hydrogen-bond acceptors (Lipinski definition) is 3. The van der Waals surface area contributed by atoms with E-state index in [4.69, 9.17) is 4.74 Å². The van der Waals surface area contributed by atoms with Crippen molar-refractivity contribution >= 4 is 12.0 Å². The fourth-order valence-electron chi connectivity index (χ4n) is 3.14. The zero-order valence-corrected chi connectivity index (χ0v) is 16.9. The second-order valence-corrected chi connectivity index (χ2v) is 6.94. The molecule has 0 saturated carbocycles. The van der Waals surface area contributed by atoms with Gasteiger partial charge in [0.25, 0.3) is 0 Å². The molecule has 0 atom stereocenters. The van der Waals surface area contributed by atoms with Crippen molar-refractivity contribution < 1.29 is 9.53 Å². The highest BCUT2D eigenvalue weighted by Crippen LogP contribution is 2.21. The van der Waals surface area contributed by atoms with Gasteiger partial charge in [-0.1, -0.05) is 48.0 Å². The van der Waals surface area contributed by atoms with Crippen molar-refractivity contribution in [2.45, 2.75) is 19.9 Å². The Bertz CT molecular complexity index is 953. The first-order valence-corrected chi connectivity index (χ1v) is 9.70. The molecule has 0 spiro atoms. The molecule has 4 heteroatoms. The number of methoxy groups -OCH3 is 1. The molecular weight excluding hydrogens is 360 g/mol. The molecule has 0 bridgehead atoms. The Labute approximate surface area is 172 Å². The van der Waals surface area contributed by atoms with Crippen LogP contribution in [-0.4, -0.2) is 29.4 Å². The van der Waals surface area contributed by atoms with Crippen molar-refractivity contribution in [1.82, 2.24) is 9.88 Å². The van der Waals surface area contributed by atoms with Gasteiger partial charge >= 0.3 is 0 Å². The first kappa shape index (κ1) is 20.3. The van der Waals surface area contributed by atoms with Gasteiger partial charge in [0.2, 0.25) is 5.91 Å². The average molecular weight is 386 g/mol. The quantitative estimate of drug-likeness (QED) is 0.528. The van der Waals surface area contributed by atoms with Gasteiger partial charge in [-0.25, -0.2) is 0 Å². The van der Waals surface area contributed by atoms with E-state index in [1.54, 1.807) is 25.6 Å². The summed E-state index contributed by atoms with van der Waals surface area (Å²) in [5, 5.41) is 0. The SMILES string of the molecule is COc1ccc(C)cc1/C=C/C(=O)N(CCc1ccccc1)Cc1cccnc1. The van der Waals surface area contributed by atoms with Gasteiger partial charge in [0.15, 0.2) is 0 Å². The summed E-state index contributed by atoms with van der Waals surface area (Å²) in [4.78, 5) is 19.0. The van der Waals surface area contributed by atoms with Crippen LogP contribution in [0, 0.1) is 6.92 Å². The van der Waals surface area contributed by atoms with Crippen molar-refractivity contribution in [2.24, 2.45) is 0 Å². The molecular formula is C25H26N2O2. The molecule has 4 nitrogen and oxygen atoms in total. The van der Waals surface area contributed by atoms with Crippen LogP contribution in [-0.2, 0) is 17.8 Å². The van der Waals surface area contributed by atoms with Crippen molar-refractivity contribution in [1.29, 1.82) is 0 Å². The molecule has 3 rings (SSSR count). The molecule has 0 saturated heterocycles. The first-order valence-electron chi connectivity index (χ1n) is 9.70. The van der Waals surface area contributed by atoms with E-state index < -0.39 is 0 Å². The highest BCUT2D eigenvalue weighted by molar-refractivity contribution is 5.92. The van der Waals surface area contributed by atoms with Crippen LogP contribution in [0.5, 0.6) is 5.75 Å². The molecule has 148 valence electrons. The second-order valence-electron chi connectivity index (χ2n) is 6.94. The van der Waals surface area contributed by atoms with Crippen LogP contribution in [0.2, 0.25) is 0 Å². The van der Waals surface area contributed by atoms with E-state index in [1.165, 1.54) is 5.56 Å². The average Bonchev–Trinajstić information content (AvgIpc) is 2.76. The summed E-state index contributed by atoms with van der Waals surface area (Å²) in [6, 6.07) is 20.0. The fraction of sp³-hybridized carbons (Fsp3) is 0.200. The zero-order valence-electron chi connectivity index (χ0n) is 16.9. The van der Waals surface area contributed by atoms with E-state index in [-0.39, 0.29) is 5.91 Å². The number of benzene rings is 2. The minimum Gasteiger partial charge on any atom is -0.496 e. The number of ether oxygens (including phenoxy) is 1. The predicted molar refractivity (Wildman–Crippen MR) is 117 cm³/mol. The Balaban J connectivity index is 1.76. The summed E-state index contributed by atoms with van der Waals surface area (Å²) in [7, 11) is 1.64. The maximum absolute atomic E-state index is 13.0. The fourth-order valence-corrected chi connectivity index (χ4v) is 3.14. The Kier molecular flexibility index (Phi) is 7.17. The molecule has 1 heterocycles. The molecule has 2 aromatic carbocycles. The molecule has 1 aromatic heterocycles. The number of pyridine rings is 1. The lowest BCUT2D eigenvalue weighted by molar-refractivity contribution is -0.126. The smallest absolute Gasteiger partial charge is 0.246 e. The molecule has 0 aliphatic carbocycles. The van der Waals surface area contributed by atoms with Gasteiger partial charge < -0.3 is 9.64 Å². The normalized spacial score (nSPS) is 10.8. The predicted octanol–water partition coefficient (Wildman–Crippen LogP) is 4.68. The summed E-state index contributed by atoms with van der Waals surface area (Å²) < 4.78 is 5.41. The summed E-state index contributed by atoms with van der Waals surface area (Å²) in [5.41, 5.74) is 4.23. The van der Waals surface area contributed by atoms with E-state index in [9.17, 15) is 4.79 Å². The summed E-state index contributed by atoms with van der Waals surface area (Å²) >= 11 is 0. The number of carbonyl (C=O) groups is 1. The van der Waals surface area contributed by atoms with E-state index in [1.807, 2.05) is 66.4 Å². The van der Waals surface area contributed by atoms with Gasteiger partial charge in [0.1, 0.15) is 5.75 Å². The Morgan fingerprint density at radius 1 is 1.07 bits per heavy atom. The van der Waals surface area contributed by atoms with Crippen molar-refractivity contribution in [3.8, 4) is 5.75 Å².